The van der Waals surface area contributed by atoms with Crippen LogP contribution in [0, 0.1) is 0 Å². The van der Waals surface area contributed by atoms with Gasteiger partial charge >= 0.3 is 0 Å². The number of rotatable bonds is 1. The lowest BCUT2D eigenvalue weighted by atomic mass is 10.2. The Labute approximate surface area is 104 Å². The van der Waals surface area contributed by atoms with Gasteiger partial charge in [0.2, 0.25) is 0 Å². The van der Waals surface area contributed by atoms with E-state index in [0.717, 1.165) is 0 Å². The molecule has 2 heterocycles. The Morgan fingerprint density at radius 3 is 2.47 bits per heavy atom. The van der Waals surface area contributed by atoms with E-state index >= 15 is 0 Å². The van der Waals surface area contributed by atoms with E-state index in [1.165, 1.54) is 17.2 Å². The zero-order valence-electron chi connectivity index (χ0n) is 8.97. The smallest absolute Gasteiger partial charge is 0.255 e. The maximum atomic E-state index is 12.0. The second-order valence-corrected chi connectivity index (χ2v) is 6.50. The van der Waals surface area contributed by atoms with Crippen molar-refractivity contribution in [2.24, 2.45) is 0 Å². The van der Waals surface area contributed by atoms with Crippen LogP contribution >= 0.6 is 11.6 Å². The van der Waals surface area contributed by atoms with Crippen molar-refractivity contribution >= 4 is 27.3 Å². The molecular weight excluding hydrogens is 264 g/mol. The Hall–Kier alpha value is -1.14. The molecule has 0 saturated carbocycles. The highest BCUT2D eigenvalue weighted by Gasteiger charge is 2.25. The maximum absolute atomic E-state index is 12.0. The molecule has 0 N–H and O–H groups in total. The standard InChI is InChI=1S/C10H11ClN2O3S/c11-9-2-1-8(7-12-9)10(14)13-3-5-17(15,16)6-4-13/h1-2,7H,3-6H2. The average Bonchev–Trinajstić information content (AvgIpc) is 2.29. The lowest BCUT2D eigenvalue weighted by molar-refractivity contribution is 0.0770. The second-order valence-electron chi connectivity index (χ2n) is 3.81. The lowest BCUT2D eigenvalue weighted by Crippen LogP contribution is -2.43. The van der Waals surface area contributed by atoms with Gasteiger partial charge in [0.25, 0.3) is 5.91 Å². The number of halogens is 1. The predicted molar refractivity (Wildman–Crippen MR) is 63.8 cm³/mol. The predicted octanol–water partition coefficient (Wildman–Crippen LogP) is 0.606. The van der Waals surface area contributed by atoms with Crippen molar-refractivity contribution in [2.45, 2.75) is 0 Å². The maximum Gasteiger partial charge on any atom is 0.255 e. The second kappa shape index (κ2) is 4.62. The molecule has 1 aliphatic heterocycles. The SMILES string of the molecule is O=C(c1ccc(Cl)nc1)N1CCS(=O)(=O)CC1. The number of amides is 1. The molecule has 5 nitrogen and oxygen atoms in total. The highest BCUT2D eigenvalue weighted by atomic mass is 35.5. The van der Waals surface area contributed by atoms with Crippen molar-refractivity contribution < 1.29 is 13.2 Å². The van der Waals surface area contributed by atoms with Gasteiger partial charge in [-0.1, -0.05) is 11.6 Å². The van der Waals surface area contributed by atoms with Crippen LogP contribution in [0.2, 0.25) is 5.15 Å². The monoisotopic (exact) mass is 274 g/mol. The van der Waals surface area contributed by atoms with Gasteiger partial charge in [0, 0.05) is 19.3 Å². The summed E-state index contributed by atoms with van der Waals surface area (Å²) < 4.78 is 22.5. The molecule has 1 aromatic heterocycles. The number of pyridine rings is 1. The first-order chi connectivity index (χ1) is 7.98. The number of carbonyl (C=O) groups is 1. The van der Waals surface area contributed by atoms with Crippen LogP contribution in [0.25, 0.3) is 0 Å². The van der Waals surface area contributed by atoms with Crippen molar-refractivity contribution in [3.63, 3.8) is 0 Å². The van der Waals surface area contributed by atoms with E-state index in [9.17, 15) is 13.2 Å². The molecule has 1 saturated heterocycles. The number of carbonyl (C=O) groups excluding carboxylic acids is 1. The van der Waals surface area contributed by atoms with Gasteiger partial charge in [-0.15, -0.1) is 0 Å². The fourth-order valence-electron chi connectivity index (χ4n) is 1.60. The molecule has 1 aromatic rings. The van der Waals surface area contributed by atoms with Crippen LogP contribution < -0.4 is 0 Å². The molecule has 1 aliphatic rings. The van der Waals surface area contributed by atoms with E-state index in [0.29, 0.717) is 10.7 Å². The van der Waals surface area contributed by atoms with Crippen molar-refractivity contribution in [3.05, 3.63) is 29.0 Å². The summed E-state index contributed by atoms with van der Waals surface area (Å²) >= 11 is 5.62. The number of sulfone groups is 1. The van der Waals surface area contributed by atoms with Crippen LogP contribution in [-0.4, -0.2) is 48.8 Å². The first-order valence-corrected chi connectivity index (χ1v) is 7.29. The molecule has 0 bridgehead atoms. The van der Waals surface area contributed by atoms with Crippen molar-refractivity contribution in [2.75, 3.05) is 24.6 Å². The third-order valence-electron chi connectivity index (χ3n) is 2.61. The quantitative estimate of drug-likeness (QED) is 0.704. The molecule has 17 heavy (non-hydrogen) atoms. The number of nitrogens with zero attached hydrogens (tertiary/aromatic N) is 2. The van der Waals surface area contributed by atoms with Crippen LogP contribution in [0.1, 0.15) is 10.4 Å². The third-order valence-corrected chi connectivity index (χ3v) is 4.44. The largest absolute Gasteiger partial charge is 0.337 e. The van der Waals surface area contributed by atoms with Gasteiger partial charge in [-0.25, -0.2) is 13.4 Å². The van der Waals surface area contributed by atoms with Crippen molar-refractivity contribution in [1.82, 2.24) is 9.88 Å². The van der Waals surface area contributed by atoms with E-state index in [-0.39, 0.29) is 30.5 Å². The summed E-state index contributed by atoms with van der Waals surface area (Å²) in [6.45, 7) is 0.480. The zero-order valence-corrected chi connectivity index (χ0v) is 10.5. The summed E-state index contributed by atoms with van der Waals surface area (Å²) in [5.74, 6) is -0.149. The molecule has 0 spiro atoms. The topological polar surface area (TPSA) is 67.3 Å². The Kier molecular flexibility index (Phi) is 3.35. The summed E-state index contributed by atoms with van der Waals surface area (Å²) in [6.07, 6.45) is 1.40. The van der Waals surface area contributed by atoms with Crippen molar-refractivity contribution in [1.29, 1.82) is 0 Å². The summed E-state index contributed by atoms with van der Waals surface area (Å²) in [5, 5.41) is 0.322. The van der Waals surface area contributed by atoms with E-state index in [4.69, 9.17) is 11.6 Å². The first-order valence-electron chi connectivity index (χ1n) is 5.09. The molecule has 0 unspecified atom stereocenters. The van der Waals surface area contributed by atoms with Crippen LogP contribution in [0.4, 0.5) is 0 Å². The minimum absolute atomic E-state index is 0.0275. The average molecular weight is 275 g/mol. The number of aromatic nitrogens is 1. The molecule has 0 radical (unpaired) electrons. The Morgan fingerprint density at radius 1 is 1.29 bits per heavy atom. The van der Waals surface area contributed by atoms with Gasteiger partial charge in [-0.3, -0.25) is 4.79 Å². The van der Waals surface area contributed by atoms with E-state index < -0.39 is 9.84 Å². The fraction of sp³-hybridized carbons (Fsp3) is 0.400. The summed E-state index contributed by atoms with van der Waals surface area (Å²) in [4.78, 5) is 17.3. The van der Waals surface area contributed by atoms with Crippen LogP contribution in [-0.2, 0) is 9.84 Å². The van der Waals surface area contributed by atoms with Crippen LogP contribution in [0.5, 0.6) is 0 Å². The summed E-state index contributed by atoms with van der Waals surface area (Å²) in [7, 11) is -2.97. The molecule has 0 aliphatic carbocycles. The van der Waals surface area contributed by atoms with Gasteiger partial charge in [-0.2, -0.15) is 0 Å². The molecule has 0 atom stereocenters. The minimum Gasteiger partial charge on any atom is -0.337 e. The molecule has 92 valence electrons. The molecule has 1 amide bonds. The zero-order chi connectivity index (χ0) is 12.5. The van der Waals surface area contributed by atoms with Crippen LogP contribution in [0.15, 0.2) is 18.3 Å². The third kappa shape index (κ3) is 2.95. The molecule has 1 fully saturated rings. The van der Waals surface area contributed by atoms with Crippen molar-refractivity contribution in [3.8, 4) is 0 Å². The van der Waals surface area contributed by atoms with Gasteiger partial charge in [0.15, 0.2) is 9.84 Å². The van der Waals surface area contributed by atoms with E-state index in [2.05, 4.69) is 4.98 Å². The summed E-state index contributed by atoms with van der Waals surface area (Å²) in [5.41, 5.74) is 0.425. The highest BCUT2D eigenvalue weighted by Crippen LogP contribution is 2.11. The minimum atomic E-state index is -2.97. The van der Waals surface area contributed by atoms with Gasteiger partial charge in [0.1, 0.15) is 5.15 Å². The molecular formula is C10H11ClN2O3S. The lowest BCUT2D eigenvalue weighted by Gasteiger charge is -2.26. The molecule has 7 heteroatoms. The Bertz CT molecular complexity index is 513. The Balaban J connectivity index is 2.09. The normalized spacial score (nSPS) is 19.0. The summed E-state index contributed by atoms with van der Waals surface area (Å²) in [6, 6.07) is 3.12. The van der Waals surface area contributed by atoms with Gasteiger partial charge in [0.05, 0.1) is 17.1 Å². The van der Waals surface area contributed by atoms with Crippen LogP contribution in [0.3, 0.4) is 0 Å². The van der Waals surface area contributed by atoms with Gasteiger partial charge < -0.3 is 4.90 Å². The molecule has 0 aromatic carbocycles. The highest BCUT2D eigenvalue weighted by molar-refractivity contribution is 7.91. The number of hydrogen-bond acceptors (Lipinski definition) is 4. The molecule has 2 rings (SSSR count). The number of hydrogen-bond donors (Lipinski definition) is 0. The van der Waals surface area contributed by atoms with E-state index in [1.807, 2.05) is 0 Å². The van der Waals surface area contributed by atoms with Gasteiger partial charge in [-0.05, 0) is 12.1 Å². The fourth-order valence-corrected chi connectivity index (χ4v) is 2.91. The van der Waals surface area contributed by atoms with E-state index in [1.54, 1.807) is 6.07 Å². The Morgan fingerprint density at radius 2 is 1.94 bits per heavy atom. The first kappa shape index (κ1) is 12.3.